The molecule has 0 atom stereocenters. The molecule has 0 radical (unpaired) electrons. The molecule has 0 aliphatic carbocycles. The number of rotatable bonds is 5. The Morgan fingerprint density at radius 1 is 0.225 bits per heavy atom. The van der Waals surface area contributed by atoms with Gasteiger partial charge < -0.3 is 22.4 Å². The van der Waals surface area contributed by atoms with E-state index in [-0.39, 0.29) is 0 Å². The maximum atomic E-state index is 6.51. The van der Waals surface area contributed by atoms with Gasteiger partial charge in [0.2, 0.25) is 0 Å². The topological polar surface area (TPSA) is 49.3 Å². The zero-order valence-electron chi connectivity index (χ0n) is 38.1. The Morgan fingerprint density at radius 3 is 1.23 bits per heavy atom. The van der Waals surface area contributed by atoms with Gasteiger partial charge in [-0.25, -0.2) is 0 Å². The van der Waals surface area contributed by atoms with Crippen LogP contribution in [0.5, 0.6) is 0 Å². The number of furan rings is 3. The summed E-state index contributed by atoms with van der Waals surface area (Å²) in [6.45, 7) is 0. The van der Waals surface area contributed by atoms with E-state index in [4.69, 9.17) is 13.3 Å². The molecule has 0 aliphatic heterocycles. The van der Waals surface area contributed by atoms with E-state index in [1.807, 2.05) is 24.3 Å². The molecule has 11 aromatic carbocycles. The van der Waals surface area contributed by atoms with Crippen LogP contribution in [0.3, 0.4) is 0 Å². The molecule has 0 aliphatic rings. The van der Waals surface area contributed by atoms with Gasteiger partial charge in [0.25, 0.3) is 0 Å². The highest BCUT2D eigenvalue weighted by Gasteiger charge is 2.20. The SMILES string of the molecule is c1ccc2c(c1)oc1c(-c3ccc4c(c3)c3ccccc3n4-c3ccc(-c4ccc5oc6ccc(-n7c8ccccc8c8cc(-c9cccc%10c9oc9ccccc9%10)ccc87)cc6c5c4)cc3)cccc12. The van der Waals surface area contributed by atoms with Crippen LogP contribution in [-0.2, 0) is 0 Å². The first-order valence-electron chi connectivity index (χ1n) is 24.1. The highest BCUT2D eigenvalue weighted by Crippen LogP contribution is 2.43. The molecule has 330 valence electrons. The number of benzene rings is 11. The number of hydrogen-bond donors (Lipinski definition) is 0. The summed E-state index contributed by atoms with van der Waals surface area (Å²) in [6, 6.07) is 82.6. The first-order valence-corrected chi connectivity index (χ1v) is 24.1. The molecule has 0 saturated carbocycles. The molecule has 16 rings (SSSR count). The molecule has 0 fully saturated rings. The fraction of sp³-hybridized carbons (Fsp3) is 0. The van der Waals surface area contributed by atoms with Gasteiger partial charge in [0.1, 0.15) is 33.5 Å². The van der Waals surface area contributed by atoms with Crippen molar-refractivity contribution in [1.29, 1.82) is 0 Å². The third-order valence-electron chi connectivity index (χ3n) is 14.9. The molecule has 0 amide bonds. The van der Waals surface area contributed by atoms with Gasteiger partial charge in [-0.3, -0.25) is 0 Å². The average Bonchev–Trinajstić information content (AvgIpc) is 4.25. The molecule has 71 heavy (non-hydrogen) atoms. The highest BCUT2D eigenvalue weighted by atomic mass is 16.3. The van der Waals surface area contributed by atoms with E-state index in [2.05, 4.69) is 215 Å². The quantitative estimate of drug-likeness (QED) is 0.173. The molecular weight excluding hydrogens is 869 g/mol. The van der Waals surface area contributed by atoms with Crippen LogP contribution in [0.4, 0.5) is 0 Å². The van der Waals surface area contributed by atoms with Crippen LogP contribution in [0.2, 0.25) is 0 Å². The molecule has 0 bridgehead atoms. The number of fused-ring (bicyclic) bond motifs is 15. The van der Waals surface area contributed by atoms with Crippen LogP contribution in [0, 0.1) is 0 Å². The second-order valence-electron chi connectivity index (χ2n) is 18.8. The molecule has 5 heterocycles. The fourth-order valence-electron chi connectivity index (χ4n) is 11.7. The Morgan fingerprint density at radius 2 is 0.634 bits per heavy atom. The largest absolute Gasteiger partial charge is 0.456 e. The van der Waals surface area contributed by atoms with Crippen molar-refractivity contribution in [2.75, 3.05) is 0 Å². The van der Waals surface area contributed by atoms with Crippen molar-refractivity contribution in [2.24, 2.45) is 0 Å². The maximum absolute atomic E-state index is 6.51. The first-order chi connectivity index (χ1) is 35.2. The third kappa shape index (κ3) is 5.57. The Labute approximate surface area is 405 Å². The van der Waals surface area contributed by atoms with Crippen molar-refractivity contribution in [2.45, 2.75) is 0 Å². The minimum atomic E-state index is 0.863. The Bertz CT molecular complexity index is 4880. The van der Waals surface area contributed by atoms with Crippen molar-refractivity contribution in [1.82, 2.24) is 9.13 Å². The maximum Gasteiger partial charge on any atom is 0.143 e. The number of para-hydroxylation sites is 6. The molecule has 16 aromatic rings. The van der Waals surface area contributed by atoms with E-state index in [1.54, 1.807) is 0 Å². The van der Waals surface area contributed by atoms with Gasteiger partial charge in [0.15, 0.2) is 0 Å². The minimum Gasteiger partial charge on any atom is -0.456 e. The second-order valence-corrected chi connectivity index (χ2v) is 18.8. The lowest BCUT2D eigenvalue weighted by Gasteiger charge is -2.10. The number of aromatic nitrogens is 2. The van der Waals surface area contributed by atoms with Crippen molar-refractivity contribution in [3.63, 3.8) is 0 Å². The third-order valence-corrected chi connectivity index (χ3v) is 14.9. The predicted octanol–water partition coefficient (Wildman–Crippen LogP) is 18.6. The summed E-state index contributed by atoms with van der Waals surface area (Å²) >= 11 is 0. The molecule has 5 nitrogen and oxygen atoms in total. The van der Waals surface area contributed by atoms with Crippen LogP contribution >= 0.6 is 0 Å². The summed E-state index contributed by atoms with van der Waals surface area (Å²) in [5.74, 6) is 0. The molecule has 0 saturated heterocycles. The fourth-order valence-corrected chi connectivity index (χ4v) is 11.7. The van der Waals surface area contributed by atoms with Gasteiger partial charge in [0, 0.05) is 76.4 Å². The van der Waals surface area contributed by atoms with Gasteiger partial charge in [-0.05, 0) is 113 Å². The predicted molar refractivity (Wildman–Crippen MR) is 293 cm³/mol. The Kier molecular flexibility index (Phi) is 7.82. The normalized spacial score (nSPS) is 12.2. The Hall–Kier alpha value is -9.58. The van der Waals surface area contributed by atoms with Crippen LogP contribution in [-0.4, -0.2) is 9.13 Å². The van der Waals surface area contributed by atoms with Gasteiger partial charge in [-0.1, -0.05) is 140 Å². The smallest absolute Gasteiger partial charge is 0.143 e. The van der Waals surface area contributed by atoms with E-state index < -0.39 is 0 Å². The molecule has 0 unspecified atom stereocenters. The van der Waals surface area contributed by atoms with E-state index in [0.717, 1.165) is 127 Å². The second kappa shape index (κ2) is 14.5. The van der Waals surface area contributed by atoms with E-state index in [1.165, 1.54) is 27.1 Å². The van der Waals surface area contributed by atoms with E-state index >= 15 is 0 Å². The number of nitrogens with zero attached hydrogens (tertiary/aromatic N) is 2. The van der Waals surface area contributed by atoms with Crippen LogP contribution < -0.4 is 0 Å². The average molecular weight is 907 g/mol. The zero-order chi connectivity index (χ0) is 46.3. The van der Waals surface area contributed by atoms with Crippen molar-refractivity contribution < 1.29 is 13.3 Å². The van der Waals surface area contributed by atoms with E-state index in [0.29, 0.717) is 0 Å². The lowest BCUT2D eigenvalue weighted by Crippen LogP contribution is -1.94. The van der Waals surface area contributed by atoms with Crippen molar-refractivity contribution >= 4 is 109 Å². The molecule has 0 N–H and O–H groups in total. The summed E-state index contributed by atoms with van der Waals surface area (Å²) in [6.07, 6.45) is 0. The summed E-state index contributed by atoms with van der Waals surface area (Å²) in [5.41, 5.74) is 18.9. The van der Waals surface area contributed by atoms with E-state index in [9.17, 15) is 0 Å². The van der Waals surface area contributed by atoms with Gasteiger partial charge in [-0.15, -0.1) is 0 Å². The molecular formula is C66H38N2O3. The van der Waals surface area contributed by atoms with Crippen LogP contribution in [0.25, 0.3) is 154 Å². The summed E-state index contributed by atoms with van der Waals surface area (Å²) in [7, 11) is 0. The monoisotopic (exact) mass is 906 g/mol. The van der Waals surface area contributed by atoms with Gasteiger partial charge in [0.05, 0.1) is 22.1 Å². The number of hydrogen-bond acceptors (Lipinski definition) is 3. The highest BCUT2D eigenvalue weighted by molar-refractivity contribution is 6.16. The summed E-state index contributed by atoms with van der Waals surface area (Å²) in [5, 5.41) is 11.5. The standard InChI is InChI=1S/C66H38N2O3/c1-5-19-57-47(11-1)53-36-41(45-15-9-17-51-49-13-3-7-21-61(49)70-65(45)51)25-31-59(53)67(57)43-28-23-39(24-29-43)40-27-33-63-55(35-40)56-38-44(30-34-64(56)69-63)68-58-20-6-2-12-48(58)54-37-42(26-32-60(54)68)46-16-10-18-52-50-14-4-8-22-62(50)71-66(46)52/h1-38H. The lowest BCUT2D eigenvalue weighted by atomic mass is 10.0. The molecule has 5 aromatic heterocycles. The van der Waals surface area contributed by atoms with Crippen LogP contribution in [0.1, 0.15) is 0 Å². The lowest BCUT2D eigenvalue weighted by molar-refractivity contribution is 0.668. The van der Waals surface area contributed by atoms with Gasteiger partial charge >= 0.3 is 0 Å². The summed E-state index contributed by atoms with van der Waals surface area (Å²) < 4.78 is 24.2. The van der Waals surface area contributed by atoms with Crippen molar-refractivity contribution in [3.8, 4) is 44.8 Å². The van der Waals surface area contributed by atoms with Crippen LogP contribution in [0.15, 0.2) is 244 Å². The van der Waals surface area contributed by atoms with Gasteiger partial charge in [-0.2, -0.15) is 0 Å². The Balaban J connectivity index is 0.773. The molecule has 5 heteroatoms. The molecule has 0 spiro atoms. The minimum absolute atomic E-state index is 0.863. The first kappa shape index (κ1) is 38.4. The zero-order valence-corrected chi connectivity index (χ0v) is 38.1. The summed E-state index contributed by atoms with van der Waals surface area (Å²) in [4.78, 5) is 0. The van der Waals surface area contributed by atoms with Crippen molar-refractivity contribution in [3.05, 3.63) is 231 Å².